The van der Waals surface area contributed by atoms with Gasteiger partial charge in [-0.15, -0.1) is 0 Å². The second-order valence-electron chi connectivity index (χ2n) is 5.75. The molecule has 0 amide bonds. The number of hydrogen-bond donors (Lipinski definition) is 1. The van der Waals surface area contributed by atoms with Crippen molar-refractivity contribution >= 4 is 5.97 Å². The largest absolute Gasteiger partial charge is 0.478 e. The van der Waals surface area contributed by atoms with Crippen LogP contribution in [0.2, 0.25) is 0 Å². The van der Waals surface area contributed by atoms with E-state index in [9.17, 15) is 27.5 Å². The van der Waals surface area contributed by atoms with Crippen molar-refractivity contribution in [2.24, 2.45) is 0 Å². The van der Waals surface area contributed by atoms with Crippen LogP contribution in [0.3, 0.4) is 0 Å². The first-order valence-electron chi connectivity index (χ1n) is 7.76. The Kier molecular flexibility index (Phi) is 5.45. The highest BCUT2D eigenvalue weighted by atomic mass is 19.4. The zero-order valence-corrected chi connectivity index (χ0v) is 13.7. The SMILES string of the molecule is CCCCc1nc(-c2ccc(C)c(F)c2)cc(C(F)(F)F)c1C(=O)O. The fourth-order valence-electron chi connectivity index (χ4n) is 2.49. The molecule has 0 aliphatic heterocycles. The van der Waals surface area contributed by atoms with Gasteiger partial charge in [0.25, 0.3) is 0 Å². The minimum absolute atomic E-state index is 0.0951. The van der Waals surface area contributed by atoms with Crippen LogP contribution >= 0.6 is 0 Å². The van der Waals surface area contributed by atoms with Crippen molar-refractivity contribution in [3.8, 4) is 11.3 Å². The number of aryl methyl sites for hydroxylation is 2. The van der Waals surface area contributed by atoms with Gasteiger partial charge in [0.15, 0.2) is 0 Å². The maximum atomic E-state index is 13.8. The maximum absolute atomic E-state index is 13.8. The highest BCUT2D eigenvalue weighted by Gasteiger charge is 2.37. The zero-order valence-electron chi connectivity index (χ0n) is 13.7. The van der Waals surface area contributed by atoms with Gasteiger partial charge in [-0.25, -0.2) is 9.18 Å². The summed E-state index contributed by atoms with van der Waals surface area (Å²) in [6.45, 7) is 3.37. The molecule has 2 aromatic rings. The van der Waals surface area contributed by atoms with Crippen molar-refractivity contribution in [2.45, 2.75) is 39.3 Å². The number of benzene rings is 1. The average molecular weight is 355 g/mol. The van der Waals surface area contributed by atoms with E-state index in [1.807, 2.05) is 6.92 Å². The summed E-state index contributed by atoms with van der Waals surface area (Å²) in [5.74, 6) is -2.24. The molecule has 0 aliphatic rings. The lowest BCUT2D eigenvalue weighted by Gasteiger charge is -2.16. The third kappa shape index (κ3) is 4.15. The topological polar surface area (TPSA) is 50.2 Å². The van der Waals surface area contributed by atoms with Gasteiger partial charge >= 0.3 is 12.1 Å². The zero-order chi connectivity index (χ0) is 18.8. The number of halogens is 4. The van der Waals surface area contributed by atoms with Crippen LogP contribution in [-0.2, 0) is 12.6 Å². The molecule has 2 rings (SSSR count). The predicted molar refractivity (Wildman–Crippen MR) is 84.9 cm³/mol. The van der Waals surface area contributed by atoms with Crippen molar-refractivity contribution in [3.05, 3.63) is 52.5 Å². The number of carbonyl (C=O) groups is 1. The van der Waals surface area contributed by atoms with E-state index < -0.39 is 29.1 Å². The number of rotatable bonds is 5. The van der Waals surface area contributed by atoms with Crippen LogP contribution in [0.25, 0.3) is 11.3 Å². The van der Waals surface area contributed by atoms with Crippen molar-refractivity contribution in [1.29, 1.82) is 0 Å². The van der Waals surface area contributed by atoms with E-state index in [1.54, 1.807) is 0 Å². The molecule has 0 bridgehead atoms. The molecule has 0 saturated carbocycles. The van der Waals surface area contributed by atoms with Crippen molar-refractivity contribution in [2.75, 3.05) is 0 Å². The number of nitrogens with zero attached hydrogens (tertiary/aromatic N) is 1. The van der Waals surface area contributed by atoms with Gasteiger partial charge in [-0.1, -0.05) is 25.5 Å². The summed E-state index contributed by atoms with van der Waals surface area (Å²) < 4.78 is 53.9. The van der Waals surface area contributed by atoms with Crippen LogP contribution in [-0.4, -0.2) is 16.1 Å². The van der Waals surface area contributed by atoms with E-state index in [4.69, 9.17) is 0 Å². The Hall–Kier alpha value is -2.44. The maximum Gasteiger partial charge on any atom is 0.417 e. The van der Waals surface area contributed by atoms with Crippen LogP contribution in [0.15, 0.2) is 24.3 Å². The quantitative estimate of drug-likeness (QED) is 0.745. The average Bonchev–Trinajstić information content (AvgIpc) is 2.53. The molecule has 134 valence electrons. The number of pyridine rings is 1. The summed E-state index contributed by atoms with van der Waals surface area (Å²) in [4.78, 5) is 15.5. The Labute approximate surface area is 142 Å². The smallest absolute Gasteiger partial charge is 0.417 e. The number of carboxylic acid groups (broad SMARTS) is 1. The number of unbranched alkanes of at least 4 members (excludes halogenated alkanes) is 1. The van der Waals surface area contributed by atoms with Gasteiger partial charge in [0, 0.05) is 5.56 Å². The molecule has 0 spiro atoms. The van der Waals surface area contributed by atoms with E-state index >= 15 is 0 Å². The van der Waals surface area contributed by atoms with E-state index in [-0.39, 0.29) is 23.4 Å². The first-order chi connectivity index (χ1) is 11.6. The van der Waals surface area contributed by atoms with Crippen molar-refractivity contribution in [1.82, 2.24) is 4.98 Å². The molecule has 1 N–H and O–H groups in total. The monoisotopic (exact) mass is 355 g/mol. The number of alkyl halides is 3. The van der Waals surface area contributed by atoms with Crippen LogP contribution in [0.4, 0.5) is 17.6 Å². The van der Waals surface area contributed by atoms with Crippen molar-refractivity contribution in [3.63, 3.8) is 0 Å². The summed E-state index contributed by atoms with van der Waals surface area (Å²) in [7, 11) is 0. The minimum atomic E-state index is -4.85. The number of aromatic nitrogens is 1. The molecule has 0 unspecified atom stereocenters. The molecular weight excluding hydrogens is 338 g/mol. The molecule has 1 aromatic heterocycles. The Morgan fingerprint density at radius 3 is 2.44 bits per heavy atom. The molecule has 0 atom stereocenters. The highest BCUT2D eigenvalue weighted by molar-refractivity contribution is 5.91. The molecule has 1 heterocycles. The molecule has 0 saturated heterocycles. The third-order valence-corrected chi connectivity index (χ3v) is 3.85. The van der Waals surface area contributed by atoms with Gasteiger partial charge in [-0.05, 0) is 37.5 Å². The number of hydrogen-bond acceptors (Lipinski definition) is 2. The second-order valence-corrected chi connectivity index (χ2v) is 5.75. The molecule has 0 aliphatic carbocycles. The summed E-state index contributed by atoms with van der Waals surface area (Å²) in [6, 6.07) is 4.67. The molecule has 1 aromatic carbocycles. The fourth-order valence-corrected chi connectivity index (χ4v) is 2.49. The second kappa shape index (κ2) is 7.21. The lowest BCUT2D eigenvalue weighted by Crippen LogP contribution is -2.17. The Morgan fingerprint density at radius 2 is 1.92 bits per heavy atom. The summed E-state index contributed by atoms with van der Waals surface area (Å²) >= 11 is 0. The molecule has 0 radical (unpaired) electrons. The van der Waals surface area contributed by atoms with Crippen LogP contribution < -0.4 is 0 Å². The predicted octanol–water partition coefficient (Wildman–Crippen LogP) is 5.26. The Morgan fingerprint density at radius 1 is 1.24 bits per heavy atom. The standard InChI is InChI=1S/C18H17F4NO2/c1-3-4-5-14-16(17(24)25)12(18(20,21)22)9-15(23-14)11-7-6-10(2)13(19)8-11/h6-9H,3-5H2,1-2H3,(H,24,25). The van der Waals surface area contributed by atoms with E-state index in [0.29, 0.717) is 24.5 Å². The fraction of sp³-hybridized carbons (Fsp3) is 0.333. The van der Waals surface area contributed by atoms with Gasteiger partial charge in [0.2, 0.25) is 0 Å². The first kappa shape index (κ1) is 18.9. The molecular formula is C18H17F4NO2. The van der Waals surface area contributed by atoms with Gasteiger partial charge < -0.3 is 5.11 Å². The van der Waals surface area contributed by atoms with Crippen LogP contribution in [0.1, 0.15) is 46.9 Å². The minimum Gasteiger partial charge on any atom is -0.478 e. The number of aromatic carboxylic acids is 1. The molecule has 7 heteroatoms. The lowest BCUT2D eigenvalue weighted by atomic mass is 9.98. The lowest BCUT2D eigenvalue weighted by molar-refractivity contribution is -0.138. The van der Waals surface area contributed by atoms with Gasteiger partial charge in [-0.3, -0.25) is 4.98 Å². The summed E-state index contributed by atoms with van der Waals surface area (Å²) in [6.07, 6.45) is -3.58. The van der Waals surface area contributed by atoms with Gasteiger partial charge in [0.05, 0.1) is 22.5 Å². The van der Waals surface area contributed by atoms with Crippen LogP contribution in [0.5, 0.6) is 0 Å². The van der Waals surface area contributed by atoms with Gasteiger partial charge in [-0.2, -0.15) is 13.2 Å². The first-order valence-corrected chi connectivity index (χ1v) is 7.76. The van der Waals surface area contributed by atoms with E-state index in [1.165, 1.54) is 19.1 Å². The van der Waals surface area contributed by atoms with E-state index in [0.717, 1.165) is 6.07 Å². The highest BCUT2D eigenvalue weighted by Crippen LogP contribution is 2.36. The van der Waals surface area contributed by atoms with E-state index in [2.05, 4.69) is 4.98 Å². The van der Waals surface area contributed by atoms with Gasteiger partial charge in [0.1, 0.15) is 5.82 Å². The summed E-state index contributed by atoms with van der Waals surface area (Å²) in [5.41, 5.74) is -1.81. The summed E-state index contributed by atoms with van der Waals surface area (Å²) in [5, 5.41) is 9.25. The molecule has 3 nitrogen and oxygen atoms in total. The normalized spacial score (nSPS) is 11.6. The number of carboxylic acids is 1. The third-order valence-electron chi connectivity index (χ3n) is 3.85. The molecule has 0 fully saturated rings. The molecule has 25 heavy (non-hydrogen) atoms. The Bertz CT molecular complexity index is 800. The van der Waals surface area contributed by atoms with Crippen molar-refractivity contribution < 1.29 is 27.5 Å². The Balaban J connectivity index is 2.73. The van der Waals surface area contributed by atoms with Crippen LogP contribution in [0, 0.1) is 12.7 Å².